The fraction of sp³-hybridized carbons (Fsp3) is 0.208. The number of aryl methyl sites for hydroxylation is 1. The highest BCUT2D eigenvalue weighted by atomic mass is 32.2. The van der Waals surface area contributed by atoms with Crippen molar-refractivity contribution in [3.8, 4) is 23.0 Å². The van der Waals surface area contributed by atoms with Gasteiger partial charge in [-0.1, -0.05) is 18.2 Å². The average molecular weight is 485 g/mol. The van der Waals surface area contributed by atoms with Crippen LogP contribution in [0.2, 0.25) is 0 Å². The Bertz CT molecular complexity index is 1310. The summed E-state index contributed by atoms with van der Waals surface area (Å²) in [5.74, 6) is 2.16. The Balaban J connectivity index is 1.76. The molecular formula is C24H24N2O5S2. The van der Waals surface area contributed by atoms with Crippen molar-refractivity contribution in [2.24, 2.45) is 0 Å². The van der Waals surface area contributed by atoms with Gasteiger partial charge in [-0.05, 0) is 61.7 Å². The van der Waals surface area contributed by atoms with E-state index >= 15 is 0 Å². The summed E-state index contributed by atoms with van der Waals surface area (Å²) in [7, 11) is -2.25. The zero-order valence-electron chi connectivity index (χ0n) is 18.5. The second-order valence-electron chi connectivity index (χ2n) is 7.09. The predicted molar refractivity (Wildman–Crippen MR) is 129 cm³/mol. The van der Waals surface area contributed by atoms with Crippen LogP contribution in [0.5, 0.6) is 11.5 Å². The van der Waals surface area contributed by atoms with Crippen LogP contribution in [0.25, 0.3) is 11.5 Å². The van der Waals surface area contributed by atoms with Gasteiger partial charge in [0, 0.05) is 5.56 Å². The van der Waals surface area contributed by atoms with E-state index in [0.717, 1.165) is 11.3 Å². The van der Waals surface area contributed by atoms with Crippen LogP contribution in [-0.4, -0.2) is 27.1 Å². The minimum absolute atomic E-state index is 0.00416. The predicted octanol–water partition coefficient (Wildman–Crippen LogP) is 5.51. The summed E-state index contributed by atoms with van der Waals surface area (Å²) in [5, 5.41) is 1.74. The number of anilines is 1. The van der Waals surface area contributed by atoms with E-state index in [1.54, 1.807) is 49.7 Å². The van der Waals surface area contributed by atoms with Crippen LogP contribution in [0.3, 0.4) is 0 Å². The Kier molecular flexibility index (Phi) is 6.71. The van der Waals surface area contributed by atoms with Gasteiger partial charge >= 0.3 is 0 Å². The van der Waals surface area contributed by atoms with Gasteiger partial charge in [0.15, 0.2) is 0 Å². The van der Waals surface area contributed by atoms with Gasteiger partial charge in [0.1, 0.15) is 27.2 Å². The number of thiophene rings is 1. The summed E-state index contributed by atoms with van der Waals surface area (Å²) in [4.78, 5) is 4.62. The maximum atomic E-state index is 13.6. The number of ether oxygens (including phenoxy) is 2. The Hall–Kier alpha value is -3.30. The molecule has 0 unspecified atom stereocenters. The summed E-state index contributed by atoms with van der Waals surface area (Å²) in [5.41, 5.74) is 1.74. The first kappa shape index (κ1) is 22.9. The van der Waals surface area contributed by atoms with Gasteiger partial charge in [0.25, 0.3) is 10.0 Å². The molecule has 172 valence electrons. The summed E-state index contributed by atoms with van der Waals surface area (Å²) >= 11 is 1.17. The molecule has 0 amide bonds. The second-order valence-corrected chi connectivity index (χ2v) is 10.1. The summed E-state index contributed by atoms with van der Waals surface area (Å²) < 4.78 is 45.6. The van der Waals surface area contributed by atoms with Crippen LogP contribution in [0.15, 0.2) is 74.7 Å². The van der Waals surface area contributed by atoms with Crippen molar-refractivity contribution in [2.45, 2.75) is 24.6 Å². The third kappa shape index (κ3) is 4.74. The molecule has 0 radical (unpaired) electrons. The molecular weight excluding hydrogens is 460 g/mol. The average Bonchev–Trinajstić information content (AvgIpc) is 3.49. The Morgan fingerprint density at radius 3 is 2.48 bits per heavy atom. The van der Waals surface area contributed by atoms with Gasteiger partial charge in [-0.25, -0.2) is 13.4 Å². The zero-order valence-corrected chi connectivity index (χ0v) is 20.2. The number of benzene rings is 2. The number of hydrogen-bond acceptors (Lipinski definition) is 7. The largest absolute Gasteiger partial charge is 0.497 e. The lowest BCUT2D eigenvalue weighted by Crippen LogP contribution is -2.31. The fourth-order valence-electron chi connectivity index (χ4n) is 3.33. The van der Waals surface area contributed by atoms with Gasteiger partial charge in [-0.15, -0.1) is 11.3 Å². The normalized spacial score (nSPS) is 11.4. The molecule has 0 aliphatic heterocycles. The SMILES string of the molecule is CCOc1ccccc1N(Cc1nc(-c2ccc(OC)cc2)oc1C)S(=O)(=O)c1cccs1. The number of sulfonamides is 1. The number of methoxy groups -OCH3 is 1. The summed E-state index contributed by atoms with van der Waals surface area (Å²) in [6.07, 6.45) is 0. The van der Waals surface area contributed by atoms with Crippen LogP contribution in [0.1, 0.15) is 18.4 Å². The summed E-state index contributed by atoms with van der Waals surface area (Å²) in [6, 6.07) is 17.7. The number of rotatable bonds is 9. The molecule has 0 aliphatic carbocycles. The topological polar surface area (TPSA) is 81.9 Å². The van der Waals surface area contributed by atoms with E-state index in [1.165, 1.54) is 15.6 Å². The van der Waals surface area contributed by atoms with Gasteiger partial charge in [0.2, 0.25) is 5.89 Å². The molecule has 33 heavy (non-hydrogen) atoms. The minimum Gasteiger partial charge on any atom is -0.497 e. The van der Waals surface area contributed by atoms with Gasteiger partial charge in [0.05, 0.1) is 25.9 Å². The van der Waals surface area contributed by atoms with Crippen LogP contribution < -0.4 is 13.8 Å². The lowest BCUT2D eigenvalue weighted by molar-refractivity contribution is 0.341. The molecule has 2 aromatic carbocycles. The standard InChI is InChI=1S/C24H24N2O5S2/c1-4-30-22-9-6-5-8-21(22)26(33(27,28)23-10-7-15-32-23)16-20-17(2)31-24(25-20)18-11-13-19(29-3)14-12-18/h5-15H,4,16H2,1-3H3. The molecule has 0 spiro atoms. The molecule has 7 nitrogen and oxygen atoms in total. The van der Waals surface area contributed by atoms with Crippen LogP contribution in [0, 0.1) is 6.92 Å². The van der Waals surface area contributed by atoms with E-state index in [-0.39, 0.29) is 10.8 Å². The first-order chi connectivity index (χ1) is 15.9. The minimum atomic E-state index is -3.86. The first-order valence-corrected chi connectivity index (χ1v) is 12.6. The van der Waals surface area contributed by atoms with E-state index < -0.39 is 10.0 Å². The Morgan fingerprint density at radius 2 is 1.82 bits per heavy atom. The van der Waals surface area contributed by atoms with Gasteiger partial charge in [-0.3, -0.25) is 4.31 Å². The number of oxazole rings is 1. The van der Waals surface area contributed by atoms with Crippen molar-refractivity contribution in [2.75, 3.05) is 18.0 Å². The second kappa shape index (κ2) is 9.68. The first-order valence-electron chi connectivity index (χ1n) is 10.3. The zero-order chi connectivity index (χ0) is 23.4. The lowest BCUT2D eigenvalue weighted by Gasteiger charge is -2.25. The Labute approximate surface area is 197 Å². The van der Waals surface area contributed by atoms with Crippen molar-refractivity contribution < 1.29 is 22.3 Å². The van der Waals surface area contributed by atoms with Crippen molar-refractivity contribution in [3.63, 3.8) is 0 Å². The molecule has 0 fully saturated rings. The van der Waals surface area contributed by atoms with Crippen LogP contribution in [-0.2, 0) is 16.6 Å². The molecule has 0 bridgehead atoms. The van der Waals surface area contributed by atoms with E-state index in [9.17, 15) is 8.42 Å². The third-order valence-corrected chi connectivity index (χ3v) is 8.13. The number of aromatic nitrogens is 1. The smallest absolute Gasteiger partial charge is 0.274 e. The molecule has 0 N–H and O–H groups in total. The van der Waals surface area contributed by atoms with Gasteiger partial charge < -0.3 is 13.9 Å². The van der Waals surface area contributed by atoms with Gasteiger partial charge in [-0.2, -0.15) is 0 Å². The number of hydrogen-bond donors (Lipinski definition) is 0. The molecule has 4 aromatic rings. The van der Waals surface area contributed by atoms with Crippen molar-refractivity contribution in [1.29, 1.82) is 0 Å². The van der Waals surface area contributed by atoms with E-state index in [4.69, 9.17) is 13.9 Å². The summed E-state index contributed by atoms with van der Waals surface area (Å²) in [6.45, 7) is 4.04. The van der Waals surface area contributed by atoms with Crippen LogP contribution in [0.4, 0.5) is 5.69 Å². The Morgan fingerprint density at radius 1 is 1.06 bits per heavy atom. The molecule has 4 rings (SSSR count). The molecule has 9 heteroatoms. The maximum Gasteiger partial charge on any atom is 0.274 e. The quantitative estimate of drug-likeness (QED) is 0.311. The molecule has 2 aromatic heterocycles. The number of nitrogens with zero attached hydrogens (tertiary/aromatic N) is 2. The fourth-order valence-corrected chi connectivity index (χ4v) is 5.87. The van der Waals surface area contributed by atoms with E-state index in [0.29, 0.717) is 35.4 Å². The van der Waals surface area contributed by atoms with E-state index in [1.807, 2.05) is 37.3 Å². The molecule has 0 aliphatic rings. The molecule has 0 saturated carbocycles. The van der Waals surface area contributed by atoms with Crippen molar-refractivity contribution in [1.82, 2.24) is 4.98 Å². The lowest BCUT2D eigenvalue weighted by atomic mass is 10.2. The van der Waals surface area contributed by atoms with Crippen molar-refractivity contribution >= 4 is 27.0 Å². The molecule has 2 heterocycles. The maximum absolute atomic E-state index is 13.6. The third-order valence-electron chi connectivity index (χ3n) is 5.00. The highest BCUT2D eigenvalue weighted by Crippen LogP contribution is 2.36. The highest BCUT2D eigenvalue weighted by Gasteiger charge is 2.30. The van der Waals surface area contributed by atoms with Crippen molar-refractivity contribution in [3.05, 3.63) is 77.5 Å². The van der Waals surface area contributed by atoms with Crippen LogP contribution >= 0.6 is 11.3 Å². The monoisotopic (exact) mass is 484 g/mol. The van der Waals surface area contributed by atoms with E-state index in [2.05, 4.69) is 4.98 Å². The molecule has 0 atom stereocenters. The highest BCUT2D eigenvalue weighted by molar-refractivity contribution is 7.94. The number of para-hydroxylation sites is 2. The molecule has 0 saturated heterocycles.